The maximum Gasteiger partial charge on any atom is 0.160 e. The fourth-order valence-electron chi connectivity index (χ4n) is 2.62. The van der Waals surface area contributed by atoms with Crippen LogP contribution in [-0.2, 0) is 20.0 Å². The van der Waals surface area contributed by atoms with Gasteiger partial charge in [-0.05, 0) is 25.5 Å². The Morgan fingerprint density at radius 1 is 1.38 bits per heavy atom. The Bertz CT molecular complexity index is 772. The van der Waals surface area contributed by atoms with Crippen molar-refractivity contribution in [2.45, 2.75) is 32.2 Å². The van der Waals surface area contributed by atoms with Crippen LogP contribution in [0, 0.1) is 0 Å². The Kier molecular flexibility index (Phi) is 3.68. The Labute approximate surface area is 128 Å². The Morgan fingerprint density at radius 2 is 2.19 bits per heavy atom. The van der Waals surface area contributed by atoms with Crippen molar-refractivity contribution in [1.82, 2.24) is 24.3 Å². The molecule has 3 rings (SSSR count). The largest absolute Gasteiger partial charge is 0.307 e. The Hall–Kier alpha value is -1.88. The van der Waals surface area contributed by atoms with Gasteiger partial charge in [-0.25, -0.2) is 9.97 Å². The third kappa shape index (κ3) is 2.53. The van der Waals surface area contributed by atoms with E-state index in [0.717, 1.165) is 29.1 Å². The van der Waals surface area contributed by atoms with Gasteiger partial charge in [0.15, 0.2) is 5.65 Å². The molecule has 6 heteroatoms. The molecule has 0 saturated carbocycles. The van der Waals surface area contributed by atoms with Crippen LogP contribution in [-0.4, -0.2) is 24.3 Å². The monoisotopic (exact) mass is 303 g/mol. The van der Waals surface area contributed by atoms with Gasteiger partial charge < -0.3 is 4.57 Å². The first-order valence-electron chi connectivity index (χ1n) is 7.06. The number of hydrogen-bond acceptors (Lipinski definition) is 3. The van der Waals surface area contributed by atoms with E-state index >= 15 is 0 Å². The molecule has 110 valence electrons. The third-order valence-corrected chi connectivity index (χ3v) is 3.74. The van der Waals surface area contributed by atoms with Gasteiger partial charge in [-0.15, -0.1) is 11.6 Å². The number of fused-ring (bicyclic) bond motifs is 1. The molecule has 0 aliphatic rings. The second-order valence-electron chi connectivity index (χ2n) is 5.15. The minimum Gasteiger partial charge on any atom is -0.307 e. The average Bonchev–Trinajstić information content (AvgIpc) is 3.00. The molecule has 0 aliphatic heterocycles. The standard InChI is InChI=1S/C15H18ClN5/c1-4-12-11(8-20(3)19-12)9-21-14(10(2)16)18-13-6-5-7-17-15(13)21/h5-8,10H,4,9H2,1-3H3. The number of rotatable bonds is 4. The van der Waals surface area contributed by atoms with Crippen molar-refractivity contribution in [3.8, 4) is 0 Å². The maximum atomic E-state index is 6.29. The lowest BCUT2D eigenvalue weighted by Gasteiger charge is -2.09. The van der Waals surface area contributed by atoms with Crippen molar-refractivity contribution in [2.24, 2.45) is 7.05 Å². The van der Waals surface area contributed by atoms with Gasteiger partial charge in [0.1, 0.15) is 11.3 Å². The highest BCUT2D eigenvalue weighted by atomic mass is 35.5. The van der Waals surface area contributed by atoms with Crippen LogP contribution in [0.15, 0.2) is 24.5 Å². The summed E-state index contributed by atoms with van der Waals surface area (Å²) < 4.78 is 3.94. The van der Waals surface area contributed by atoms with Crippen LogP contribution in [0.25, 0.3) is 11.2 Å². The van der Waals surface area contributed by atoms with Crippen LogP contribution in [0.3, 0.4) is 0 Å². The molecular formula is C15H18ClN5. The summed E-state index contributed by atoms with van der Waals surface area (Å²) in [4.78, 5) is 9.07. The van der Waals surface area contributed by atoms with E-state index < -0.39 is 0 Å². The zero-order valence-electron chi connectivity index (χ0n) is 12.4. The number of halogens is 1. The summed E-state index contributed by atoms with van der Waals surface area (Å²) in [5, 5.41) is 4.33. The predicted octanol–water partition coefficient (Wildman–Crippen LogP) is 3.08. The highest BCUT2D eigenvalue weighted by Gasteiger charge is 2.17. The van der Waals surface area contributed by atoms with Gasteiger partial charge in [0, 0.05) is 25.0 Å². The van der Waals surface area contributed by atoms with Crippen molar-refractivity contribution >= 4 is 22.8 Å². The fraction of sp³-hybridized carbons (Fsp3) is 0.400. The van der Waals surface area contributed by atoms with Crippen molar-refractivity contribution in [2.75, 3.05) is 0 Å². The number of alkyl halides is 1. The van der Waals surface area contributed by atoms with Crippen LogP contribution < -0.4 is 0 Å². The number of nitrogens with zero attached hydrogens (tertiary/aromatic N) is 5. The molecule has 0 radical (unpaired) electrons. The van der Waals surface area contributed by atoms with Gasteiger partial charge in [0.05, 0.1) is 17.6 Å². The molecule has 3 aromatic rings. The van der Waals surface area contributed by atoms with Gasteiger partial charge in [0.2, 0.25) is 0 Å². The zero-order chi connectivity index (χ0) is 15.0. The van der Waals surface area contributed by atoms with Gasteiger partial charge in [-0.2, -0.15) is 5.10 Å². The van der Waals surface area contributed by atoms with Crippen molar-refractivity contribution < 1.29 is 0 Å². The van der Waals surface area contributed by atoms with Gasteiger partial charge in [0.25, 0.3) is 0 Å². The smallest absolute Gasteiger partial charge is 0.160 e. The Morgan fingerprint density at radius 3 is 2.90 bits per heavy atom. The lowest BCUT2D eigenvalue weighted by molar-refractivity contribution is 0.730. The molecule has 0 amide bonds. The number of pyridine rings is 1. The summed E-state index contributed by atoms with van der Waals surface area (Å²) in [6.45, 7) is 4.74. The van der Waals surface area contributed by atoms with Crippen molar-refractivity contribution in [3.63, 3.8) is 0 Å². The summed E-state index contributed by atoms with van der Waals surface area (Å²) in [5.41, 5.74) is 4.03. The summed E-state index contributed by atoms with van der Waals surface area (Å²) in [7, 11) is 1.94. The van der Waals surface area contributed by atoms with E-state index in [4.69, 9.17) is 11.6 Å². The summed E-state index contributed by atoms with van der Waals surface area (Å²) in [6.07, 6.45) is 4.74. The van der Waals surface area contributed by atoms with E-state index in [1.807, 2.05) is 30.8 Å². The van der Waals surface area contributed by atoms with E-state index in [1.54, 1.807) is 6.20 Å². The topological polar surface area (TPSA) is 48.5 Å². The second-order valence-corrected chi connectivity index (χ2v) is 5.80. The first-order chi connectivity index (χ1) is 10.1. The Balaban J connectivity index is 2.12. The average molecular weight is 304 g/mol. The number of aromatic nitrogens is 5. The molecule has 21 heavy (non-hydrogen) atoms. The van der Waals surface area contributed by atoms with E-state index in [0.29, 0.717) is 6.54 Å². The number of imidazole rings is 1. The molecule has 1 unspecified atom stereocenters. The minimum absolute atomic E-state index is 0.166. The second kappa shape index (κ2) is 5.48. The van der Waals surface area contributed by atoms with Crippen LogP contribution in [0.2, 0.25) is 0 Å². The highest BCUT2D eigenvalue weighted by molar-refractivity contribution is 6.20. The van der Waals surface area contributed by atoms with Crippen molar-refractivity contribution in [1.29, 1.82) is 0 Å². The number of hydrogen-bond donors (Lipinski definition) is 0. The third-order valence-electron chi connectivity index (χ3n) is 3.54. The maximum absolute atomic E-state index is 6.29. The summed E-state index contributed by atoms with van der Waals surface area (Å²) >= 11 is 6.29. The molecule has 0 aromatic carbocycles. The molecule has 0 fully saturated rings. The molecule has 0 saturated heterocycles. The van der Waals surface area contributed by atoms with Crippen LogP contribution in [0.5, 0.6) is 0 Å². The van der Waals surface area contributed by atoms with Gasteiger partial charge in [-0.3, -0.25) is 4.68 Å². The molecular weight excluding hydrogens is 286 g/mol. The van der Waals surface area contributed by atoms with Crippen LogP contribution >= 0.6 is 11.6 Å². The van der Waals surface area contributed by atoms with Crippen molar-refractivity contribution in [3.05, 3.63) is 41.6 Å². The van der Waals surface area contributed by atoms with E-state index in [9.17, 15) is 0 Å². The van der Waals surface area contributed by atoms with E-state index in [1.165, 1.54) is 5.56 Å². The predicted molar refractivity (Wildman–Crippen MR) is 83.5 cm³/mol. The summed E-state index contributed by atoms with van der Waals surface area (Å²) in [6, 6.07) is 3.86. The number of aryl methyl sites for hydroxylation is 2. The minimum atomic E-state index is -0.166. The van der Waals surface area contributed by atoms with E-state index in [-0.39, 0.29) is 5.38 Å². The molecule has 1 atom stereocenters. The molecule has 0 aliphatic carbocycles. The molecule has 0 N–H and O–H groups in total. The first-order valence-corrected chi connectivity index (χ1v) is 7.50. The lowest BCUT2D eigenvalue weighted by Crippen LogP contribution is -2.07. The van der Waals surface area contributed by atoms with Gasteiger partial charge >= 0.3 is 0 Å². The highest BCUT2D eigenvalue weighted by Crippen LogP contribution is 2.25. The van der Waals surface area contributed by atoms with Crippen LogP contribution in [0.4, 0.5) is 0 Å². The fourth-order valence-corrected chi connectivity index (χ4v) is 2.79. The zero-order valence-corrected chi connectivity index (χ0v) is 13.2. The van der Waals surface area contributed by atoms with Gasteiger partial charge in [-0.1, -0.05) is 6.92 Å². The summed E-state index contributed by atoms with van der Waals surface area (Å²) in [5.74, 6) is 0.844. The SMILES string of the molecule is CCc1nn(C)cc1Cn1c(C(C)Cl)nc2cccnc21. The first kappa shape index (κ1) is 14.1. The molecule has 5 nitrogen and oxygen atoms in total. The molecule has 3 heterocycles. The quantitative estimate of drug-likeness (QED) is 0.696. The molecule has 3 aromatic heterocycles. The lowest BCUT2D eigenvalue weighted by atomic mass is 10.2. The molecule has 0 bridgehead atoms. The molecule has 0 spiro atoms. The normalized spacial score (nSPS) is 13.0. The van der Waals surface area contributed by atoms with Crippen LogP contribution in [0.1, 0.15) is 36.3 Å². The van der Waals surface area contributed by atoms with E-state index in [2.05, 4.69) is 32.8 Å².